The Hall–Kier alpha value is -0.343. The van der Waals surface area contributed by atoms with Gasteiger partial charge in [-0.3, -0.25) is 0 Å². The summed E-state index contributed by atoms with van der Waals surface area (Å²) < 4.78 is 6.14. The first-order valence-corrected chi connectivity index (χ1v) is 9.90. The molecule has 2 heteroatoms. The van der Waals surface area contributed by atoms with E-state index in [0.29, 0.717) is 5.04 Å². The third kappa shape index (κ3) is 7.17. The fourth-order valence-corrected chi connectivity index (χ4v) is 2.23. The summed E-state index contributed by atoms with van der Waals surface area (Å²) in [6.07, 6.45) is 6.84. The molecule has 0 saturated carbocycles. The van der Waals surface area contributed by atoms with Gasteiger partial charge in [0.1, 0.15) is 0 Å². The Kier molecular flexibility index (Phi) is 7.16. The Bertz CT molecular complexity index is 302. The molecule has 0 aromatic carbocycles. The SMILES string of the molecule is CC(C)=CCC/C(C)=C/CO[Si](C)(C)C(C)(C)C. The van der Waals surface area contributed by atoms with Crippen LogP contribution >= 0.6 is 0 Å². The predicted octanol–water partition coefficient (Wildman–Crippen LogP) is 5.70. The van der Waals surface area contributed by atoms with E-state index in [-0.39, 0.29) is 0 Å². The monoisotopic (exact) mass is 268 g/mol. The summed E-state index contributed by atoms with van der Waals surface area (Å²) in [5.41, 5.74) is 2.84. The maximum Gasteiger partial charge on any atom is 0.192 e. The predicted molar refractivity (Wildman–Crippen MR) is 85.6 cm³/mol. The third-order valence-corrected chi connectivity index (χ3v) is 8.27. The third-order valence-electron chi connectivity index (χ3n) is 3.77. The van der Waals surface area contributed by atoms with Crippen LogP contribution in [0, 0.1) is 0 Å². The van der Waals surface area contributed by atoms with Crippen molar-refractivity contribution in [2.75, 3.05) is 6.61 Å². The molecule has 0 atom stereocenters. The highest BCUT2D eigenvalue weighted by Crippen LogP contribution is 2.36. The second kappa shape index (κ2) is 7.30. The molecule has 0 unspecified atom stereocenters. The van der Waals surface area contributed by atoms with Gasteiger partial charge in [-0.15, -0.1) is 0 Å². The molecule has 0 fully saturated rings. The van der Waals surface area contributed by atoms with Crippen molar-refractivity contribution < 1.29 is 4.43 Å². The van der Waals surface area contributed by atoms with E-state index >= 15 is 0 Å². The van der Waals surface area contributed by atoms with E-state index in [9.17, 15) is 0 Å². The van der Waals surface area contributed by atoms with Crippen molar-refractivity contribution in [2.45, 2.75) is 72.5 Å². The molecule has 0 spiro atoms. The van der Waals surface area contributed by atoms with Crippen molar-refractivity contribution in [3.05, 3.63) is 23.3 Å². The van der Waals surface area contributed by atoms with E-state index in [0.717, 1.165) is 19.4 Å². The van der Waals surface area contributed by atoms with Gasteiger partial charge in [-0.25, -0.2) is 0 Å². The minimum Gasteiger partial charge on any atom is -0.413 e. The van der Waals surface area contributed by atoms with E-state index in [1.807, 2.05) is 0 Å². The first-order valence-electron chi connectivity index (χ1n) is 6.99. The van der Waals surface area contributed by atoms with Crippen LogP contribution in [0.25, 0.3) is 0 Å². The van der Waals surface area contributed by atoms with Crippen molar-refractivity contribution in [3.63, 3.8) is 0 Å². The van der Waals surface area contributed by atoms with E-state index in [1.165, 1.54) is 11.1 Å². The molecule has 1 nitrogen and oxygen atoms in total. The molecule has 0 bridgehead atoms. The van der Waals surface area contributed by atoms with Crippen LogP contribution in [0.3, 0.4) is 0 Å². The van der Waals surface area contributed by atoms with Crippen molar-refractivity contribution in [1.82, 2.24) is 0 Å². The molecule has 0 aliphatic heterocycles. The molecule has 0 saturated heterocycles. The Labute approximate surface area is 115 Å². The van der Waals surface area contributed by atoms with Crippen LogP contribution in [0.5, 0.6) is 0 Å². The van der Waals surface area contributed by atoms with Crippen LogP contribution in [0.1, 0.15) is 54.4 Å². The van der Waals surface area contributed by atoms with Crippen molar-refractivity contribution >= 4 is 8.32 Å². The first-order chi connectivity index (χ1) is 8.06. The molecule has 0 aromatic heterocycles. The van der Waals surface area contributed by atoms with Gasteiger partial charge in [0.25, 0.3) is 0 Å². The fourth-order valence-electron chi connectivity index (χ4n) is 1.30. The first kappa shape index (κ1) is 17.7. The molecule has 0 aliphatic rings. The highest BCUT2D eigenvalue weighted by atomic mass is 28.4. The standard InChI is InChI=1S/C16H32OSi/c1-14(2)10-9-11-15(3)12-13-17-18(7,8)16(4,5)6/h10,12H,9,11,13H2,1-8H3/b15-12+. The average molecular weight is 269 g/mol. The van der Waals surface area contributed by atoms with Gasteiger partial charge in [-0.1, -0.05) is 44.1 Å². The van der Waals surface area contributed by atoms with Crippen LogP contribution < -0.4 is 0 Å². The molecule has 0 aliphatic carbocycles. The lowest BCUT2D eigenvalue weighted by Gasteiger charge is -2.35. The normalized spacial score (nSPS) is 13.7. The zero-order chi connectivity index (χ0) is 14.4. The summed E-state index contributed by atoms with van der Waals surface area (Å²) in [6.45, 7) is 18.7. The van der Waals surface area contributed by atoms with Gasteiger partial charge in [0.2, 0.25) is 0 Å². The smallest absolute Gasteiger partial charge is 0.192 e. The van der Waals surface area contributed by atoms with Gasteiger partial charge in [-0.05, 0) is 51.7 Å². The second-order valence-electron chi connectivity index (χ2n) is 6.94. The fraction of sp³-hybridized carbons (Fsp3) is 0.750. The van der Waals surface area contributed by atoms with Crippen molar-refractivity contribution in [1.29, 1.82) is 0 Å². The molecular formula is C16H32OSi. The van der Waals surface area contributed by atoms with Crippen molar-refractivity contribution in [3.8, 4) is 0 Å². The van der Waals surface area contributed by atoms with Gasteiger partial charge < -0.3 is 4.43 Å². The van der Waals surface area contributed by atoms with E-state index < -0.39 is 8.32 Å². The van der Waals surface area contributed by atoms with Crippen LogP contribution in [0.2, 0.25) is 18.1 Å². The minimum absolute atomic E-state index is 0.302. The minimum atomic E-state index is -1.58. The van der Waals surface area contributed by atoms with Crippen LogP contribution in [0.4, 0.5) is 0 Å². The molecule has 0 radical (unpaired) electrons. The lowest BCUT2D eigenvalue weighted by molar-refractivity contribution is 0.327. The molecule has 0 aromatic rings. The van der Waals surface area contributed by atoms with E-state index in [1.54, 1.807) is 0 Å². The van der Waals surface area contributed by atoms with Gasteiger partial charge >= 0.3 is 0 Å². The summed E-state index contributed by atoms with van der Waals surface area (Å²) in [6, 6.07) is 0. The summed E-state index contributed by atoms with van der Waals surface area (Å²) >= 11 is 0. The largest absolute Gasteiger partial charge is 0.413 e. The maximum absolute atomic E-state index is 6.14. The summed E-state index contributed by atoms with van der Waals surface area (Å²) in [5, 5.41) is 0.302. The van der Waals surface area contributed by atoms with Crippen LogP contribution in [-0.4, -0.2) is 14.9 Å². The lowest BCUT2D eigenvalue weighted by Crippen LogP contribution is -2.40. The summed E-state index contributed by atoms with van der Waals surface area (Å²) in [5.74, 6) is 0. The molecule has 0 N–H and O–H groups in total. The number of rotatable bonds is 6. The number of allylic oxidation sites excluding steroid dienone is 3. The quantitative estimate of drug-likeness (QED) is 0.443. The molecule has 0 rings (SSSR count). The Balaban J connectivity index is 4.13. The summed E-state index contributed by atoms with van der Waals surface area (Å²) in [7, 11) is -1.58. The van der Waals surface area contributed by atoms with Crippen LogP contribution in [-0.2, 0) is 4.43 Å². The van der Waals surface area contributed by atoms with Crippen molar-refractivity contribution in [2.24, 2.45) is 0 Å². The molecule has 106 valence electrons. The second-order valence-corrected chi connectivity index (χ2v) is 11.8. The Morgan fingerprint density at radius 3 is 2.06 bits per heavy atom. The topological polar surface area (TPSA) is 9.23 Å². The highest BCUT2D eigenvalue weighted by molar-refractivity contribution is 6.74. The Morgan fingerprint density at radius 2 is 1.61 bits per heavy atom. The average Bonchev–Trinajstić information content (AvgIpc) is 2.14. The number of hydrogen-bond donors (Lipinski definition) is 0. The summed E-state index contributed by atoms with van der Waals surface area (Å²) in [4.78, 5) is 0. The van der Waals surface area contributed by atoms with Gasteiger partial charge in [0, 0.05) is 0 Å². The van der Waals surface area contributed by atoms with Gasteiger partial charge in [0.15, 0.2) is 8.32 Å². The highest BCUT2D eigenvalue weighted by Gasteiger charge is 2.36. The lowest BCUT2D eigenvalue weighted by atomic mass is 10.1. The zero-order valence-corrected chi connectivity index (χ0v) is 14.7. The van der Waals surface area contributed by atoms with E-state index in [2.05, 4.69) is 66.8 Å². The molecular weight excluding hydrogens is 236 g/mol. The molecule has 0 heterocycles. The van der Waals surface area contributed by atoms with Gasteiger partial charge in [0.05, 0.1) is 6.61 Å². The van der Waals surface area contributed by atoms with Gasteiger partial charge in [-0.2, -0.15) is 0 Å². The molecule has 0 amide bonds. The maximum atomic E-state index is 6.14. The number of hydrogen-bond acceptors (Lipinski definition) is 1. The zero-order valence-electron chi connectivity index (χ0n) is 13.7. The van der Waals surface area contributed by atoms with Crippen LogP contribution in [0.15, 0.2) is 23.3 Å². The molecule has 18 heavy (non-hydrogen) atoms. The van der Waals surface area contributed by atoms with E-state index in [4.69, 9.17) is 4.43 Å². The Morgan fingerprint density at radius 1 is 1.06 bits per heavy atom.